The average Bonchev–Trinajstić information content (AvgIpc) is 2.72. The van der Waals surface area contributed by atoms with E-state index in [-0.39, 0.29) is 24.0 Å². The lowest BCUT2D eigenvalue weighted by molar-refractivity contribution is -0.384. The summed E-state index contributed by atoms with van der Waals surface area (Å²) in [6, 6.07) is 12.5. The Hall–Kier alpha value is -3.48. The number of ketones is 1. The highest BCUT2D eigenvalue weighted by atomic mass is 16.6. The molecule has 7 heteroatoms. The van der Waals surface area contributed by atoms with Crippen molar-refractivity contribution in [3.8, 4) is 5.75 Å². The first-order valence-corrected chi connectivity index (χ1v) is 8.92. The van der Waals surface area contributed by atoms with Gasteiger partial charge in [0, 0.05) is 30.8 Å². The van der Waals surface area contributed by atoms with Crippen LogP contribution in [0.2, 0.25) is 0 Å². The van der Waals surface area contributed by atoms with Crippen LogP contribution in [0, 0.1) is 10.1 Å². The maximum Gasteiger partial charge on any atom is 0.270 e. The Morgan fingerprint density at radius 1 is 1.11 bits per heavy atom. The topological polar surface area (TPSA) is 89.8 Å². The maximum absolute atomic E-state index is 12.3. The lowest BCUT2D eigenvalue weighted by atomic mass is 10.1. The Labute approximate surface area is 163 Å². The predicted molar refractivity (Wildman–Crippen MR) is 106 cm³/mol. The highest BCUT2D eigenvalue weighted by Crippen LogP contribution is 2.16. The molecule has 2 aromatic rings. The fourth-order valence-corrected chi connectivity index (χ4v) is 2.54. The number of amides is 1. The van der Waals surface area contributed by atoms with Crippen LogP contribution in [0.3, 0.4) is 0 Å². The molecule has 0 saturated heterocycles. The lowest BCUT2D eigenvalue weighted by Crippen LogP contribution is -2.34. The van der Waals surface area contributed by atoms with Crippen LogP contribution in [0.1, 0.15) is 29.8 Å². The SMILES string of the molecule is CCN(CC)C(=O)COc1ccc(C(=O)/C=C/c2cccc([N+](=O)[O-])c2)cc1. The number of benzene rings is 2. The largest absolute Gasteiger partial charge is 0.484 e. The molecule has 0 aliphatic carbocycles. The normalized spacial score (nSPS) is 10.6. The van der Waals surface area contributed by atoms with Gasteiger partial charge in [-0.2, -0.15) is 0 Å². The first-order chi connectivity index (χ1) is 13.4. The van der Waals surface area contributed by atoms with Gasteiger partial charge in [-0.3, -0.25) is 19.7 Å². The van der Waals surface area contributed by atoms with Crippen LogP contribution >= 0.6 is 0 Å². The molecule has 0 N–H and O–H groups in total. The molecular weight excluding hydrogens is 360 g/mol. The average molecular weight is 382 g/mol. The number of rotatable bonds is 9. The van der Waals surface area contributed by atoms with Crippen LogP contribution in [-0.4, -0.2) is 41.2 Å². The van der Waals surface area contributed by atoms with E-state index >= 15 is 0 Å². The summed E-state index contributed by atoms with van der Waals surface area (Å²) in [4.78, 5) is 36.2. The zero-order valence-corrected chi connectivity index (χ0v) is 15.8. The molecule has 7 nitrogen and oxygen atoms in total. The molecule has 0 saturated carbocycles. The van der Waals surface area contributed by atoms with Gasteiger partial charge in [0.25, 0.3) is 11.6 Å². The molecule has 1 amide bonds. The summed E-state index contributed by atoms with van der Waals surface area (Å²) in [7, 11) is 0. The summed E-state index contributed by atoms with van der Waals surface area (Å²) < 4.78 is 5.47. The van der Waals surface area contributed by atoms with Crippen molar-refractivity contribution in [2.45, 2.75) is 13.8 Å². The van der Waals surface area contributed by atoms with E-state index in [9.17, 15) is 19.7 Å². The summed E-state index contributed by atoms with van der Waals surface area (Å²) >= 11 is 0. The molecule has 0 radical (unpaired) electrons. The van der Waals surface area contributed by atoms with E-state index in [1.807, 2.05) is 13.8 Å². The smallest absolute Gasteiger partial charge is 0.270 e. The fraction of sp³-hybridized carbons (Fsp3) is 0.238. The third-order valence-electron chi connectivity index (χ3n) is 4.13. The summed E-state index contributed by atoms with van der Waals surface area (Å²) in [6.07, 6.45) is 2.89. The van der Waals surface area contributed by atoms with Crippen LogP contribution in [0.25, 0.3) is 6.08 Å². The molecule has 0 bridgehead atoms. The lowest BCUT2D eigenvalue weighted by Gasteiger charge is -2.18. The molecule has 2 rings (SSSR count). The molecule has 0 aromatic heterocycles. The van der Waals surface area contributed by atoms with Crippen molar-refractivity contribution in [2.24, 2.45) is 0 Å². The molecule has 28 heavy (non-hydrogen) atoms. The number of ether oxygens (including phenoxy) is 1. The van der Waals surface area contributed by atoms with Crippen LogP contribution < -0.4 is 4.74 Å². The number of allylic oxidation sites excluding steroid dienone is 1. The van der Waals surface area contributed by atoms with E-state index < -0.39 is 4.92 Å². The maximum atomic E-state index is 12.3. The van der Waals surface area contributed by atoms with Crippen molar-refractivity contribution in [3.05, 3.63) is 75.8 Å². The zero-order valence-electron chi connectivity index (χ0n) is 15.8. The van der Waals surface area contributed by atoms with Crippen LogP contribution in [0.4, 0.5) is 5.69 Å². The van der Waals surface area contributed by atoms with Gasteiger partial charge in [-0.15, -0.1) is 0 Å². The van der Waals surface area contributed by atoms with E-state index in [0.29, 0.717) is 30.0 Å². The molecule has 0 unspecified atom stereocenters. The Kier molecular flexibility index (Phi) is 7.45. The minimum atomic E-state index is -0.483. The molecule has 0 fully saturated rings. The number of carbonyl (C=O) groups is 2. The number of hydrogen-bond acceptors (Lipinski definition) is 5. The van der Waals surface area contributed by atoms with Gasteiger partial charge in [0.2, 0.25) is 0 Å². The number of nitro benzene ring substituents is 1. The second-order valence-corrected chi connectivity index (χ2v) is 5.93. The van der Waals surface area contributed by atoms with Crippen molar-refractivity contribution in [3.63, 3.8) is 0 Å². The van der Waals surface area contributed by atoms with Gasteiger partial charge in [0.15, 0.2) is 12.4 Å². The highest BCUT2D eigenvalue weighted by molar-refractivity contribution is 6.06. The highest BCUT2D eigenvalue weighted by Gasteiger charge is 2.10. The van der Waals surface area contributed by atoms with Crippen LogP contribution in [-0.2, 0) is 4.79 Å². The number of hydrogen-bond donors (Lipinski definition) is 0. The number of non-ortho nitro benzene ring substituents is 1. The Balaban J connectivity index is 1.97. The molecular formula is C21H22N2O5. The van der Waals surface area contributed by atoms with E-state index in [1.165, 1.54) is 24.3 Å². The fourth-order valence-electron chi connectivity index (χ4n) is 2.54. The number of carbonyl (C=O) groups excluding carboxylic acids is 2. The minimum Gasteiger partial charge on any atom is -0.484 e. The van der Waals surface area contributed by atoms with Crippen LogP contribution in [0.15, 0.2) is 54.6 Å². The standard InChI is InChI=1S/C21H22N2O5/c1-3-22(4-2)21(25)15-28-19-11-9-17(10-12-19)20(24)13-8-16-6-5-7-18(14-16)23(26)27/h5-14H,3-4,15H2,1-2H3/b13-8+. The third-order valence-corrected chi connectivity index (χ3v) is 4.13. The monoisotopic (exact) mass is 382 g/mol. The molecule has 0 spiro atoms. The van der Waals surface area contributed by atoms with Crippen molar-refractivity contribution < 1.29 is 19.2 Å². The van der Waals surface area contributed by atoms with Gasteiger partial charge in [-0.25, -0.2) is 0 Å². The van der Waals surface area contributed by atoms with E-state index in [1.54, 1.807) is 41.3 Å². The van der Waals surface area contributed by atoms with Crippen molar-refractivity contribution in [1.82, 2.24) is 4.90 Å². The molecule has 0 aliphatic heterocycles. The second kappa shape index (κ2) is 10.0. The molecule has 146 valence electrons. The number of nitrogens with zero attached hydrogens (tertiary/aromatic N) is 2. The van der Waals surface area contributed by atoms with Gasteiger partial charge in [-0.1, -0.05) is 18.2 Å². The first-order valence-electron chi connectivity index (χ1n) is 8.92. The number of nitro groups is 1. The summed E-state index contributed by atoms with van der Waals surface area (Å²) in [5, 5.41) is 10.8. The Morgan fingerprint density at radius 3 is 2.39 bits per heavy atom. The molecule has 0 atom stereocenters. The van der Waals surface area contributed by atoms with Gasteiger partial charge in [-0.05, 0) is 49.8 Å². The van der Waals surface area contributed by atoms with Crippen molar-refractivity contribution >= 4 is 23.5 Å². The first kappa shape index (κ1) is 20.8. The summed E-state index contributed by atoms with van der Waals surface area (Å²) in [6.45, 7) is 5.01. The van der Waals surface area contributed by atoms with E-state index in [4.69, 9.17) is 4.74 Å². The minimum absolute atomic E-state index is 0.0321. The Bertz CT molecular complexity index is 871. The van der Waals surface area contributed by atoms with Crippen molar-refractivity contribution in [1.29, 1.82) is 0 Å². The summed E-state index contributed by atoms with van der Waals surface area (Å²) in [5.41, 5.74) is 0.983. The molecule has 2 aromatic carbocycles. The molecule has 0 heterocycles. The predicted octanol–water partition coefficient (Wildman–Crippen LogP) is 3.74. The van der Waals surface area contributed by atoms with Gasteiger partial charge in [0.05, 0.1) is 4.92 Å². The van der Waals surface area contributed by atoms with Gasteiger partial charge >= 0.3 is 0 Å². The van der Waals surface area contributed by atoms with Crippen LogP contribution in [0.5, 0.6) is 5.75 Å². The van der Waals surface area contributed by atoms with Gasteiger partial charge < -0.3 is 9.64 Å². The third kappa shape index (κ3) is 5.77. The second-order valence-electron chi connectivity index (χ2n) is 5.93. The van der Waals surface area contributed by atoms with Gasteiger partial charge in [0.1, 0.15) is 5.75 Å². The van der Waals surface area contributed by atoms with Crippen molar-refractivity contribution in [2.75, 3.05) is 19.7 Å². The van der Waals surface area contributed by atoms with E-state index in [0.717, 1.165) is 0 Å². The van der Waals surface area contributed by atoms with E-state index in [2.05, 4.69) is 0 Å². The molecule has 0 aliphatic rings. The number of likely N-dealkylation sites (N-methyl/N-ethyl adjacent to an activating group) is 1. The zero-order chi connectivity index (χ0) is 20.5. The Morgan fingerprint density at radius 2 is 1.79 bits per heavy atom. The summed E-state index contributed by atoms with van der Waals surface area (Å²) in [5.74, 6) is 0.169. The quantitative estimate of drug-likeness (QED) is 0.285.